The number of aromatic nitrogens is 1. The highest BCUT2D eigenvalue weighted by Gasteiger charge is 2.14. The van der Waals surface area contributed by atoms with Crippen LogP contribution in [-0.4, -0.2) is 19.3 Å². The molecule has 0 fully saturated rings. The van der Waals surface area contributed by atoms with Crippen LogP contribution in [0.15, 0.2) is 32.9 Å². The van der Waals surface area contributed by atoms with Gasteiger partial charge in [-0.1, -0.05) is 0 Å². The van der Waals surface area contributed by atoms with Gasteiger partial charge in [0.25, 0.3) is 5.91 Å². The molecule has 0 unspecified atom stereocenters. The maximum atomic E-state index is 12.0. The highest BCUT2D eigenvalue weighted by atomic mass is 79.9. The molecule has 0 saturated heterocycles. The van der Waals surface area contributed by atoms with Crippen LogP contribution in [0.25, 0.3) is 0 Å². The number of carbonyl (C=O) groups is 1. The van der Waals surface area contributed by atoms with Gasteiger partial charge in [-0.15, -0.1) is 11.3 Å². The van der Waals surface area contributed by atoms with Gasteiger partial charge in [-0.2, -0.15) is 0 Å². The number of amides is 1. The molecule has 112 valence electrons. The van der Waals surface area contributed by atoms with Gasteiger partial charge in [0.05, 0.1) is 10.6 Å². The second-order valence-electron chi connectivity index (χ2n) is 3.97. The molecule has 0 aliphatic heterocycles. The third-order valence-electron chi connectivity index (χ3n) is 2.48. The standard InChI is InChI=1S/C11H11BrN4O3S2/c12-7-3-6(21(14,18)19)1-2-8(7)16-11(17)9-5-20-10(4-13)15-9/h1-3,5H,4,13H2,(H,16,17)(H2,14,18,19). The maximum absolute atomic E-state index is 12.0. The number of primary sulfonamides is 1. The number of hydrogen-bond acceptors (Lipinski definition) is 6. The van der Waals surface area contributed by atoms with Crippen LogP contribution >= 0.6 is 27.3 Å². The lowest BCUT2D eigenvalue weighted by Gasteiger charge is -2.07. The van der Waals surface area contributed by atoms with Crippen molar-refractivity contribution in [3.8, 4) is 0 Å². The molecule has 2 aromatic rings. The van der Waals surface area contributed by atoms with Crippen molar-refractivity contribution in [2.75, 3.05) is 5.32 Å². The predicted molar refractivity (Wildman–Crippen MR) is 83.5 cm³/mol. The monoisotopic (exact) mass is 390 g/mol. The Morgan fingerprint density at radius 2 is 2.14 bits per heavy atom. The zero-order valence-electron chi connectivity index (χ0n) is 10.5. The molecule has 0 atom stereocenters. The summed E-state index contributed by atoms with van der Waals surface area (Å²) in [6, 6.07) is 4.07. The van der Waals surface area contributed by atoms with Crippen molar-refractivity contribution in [3.05, 3.63) is 38.8 Å². The third kappa shape index (κ3) is 3.86. The van der Waals surface area contributed by atoms with E-state index in [1.54, 1.807) is 5.38 Å². The van der Waals surface area contributed by atoms with Crippen LogP contribution in [0.1, 0.15) is 15.5 Å². The fourth-order valence-corrected chi connectivity index (χ4v) is 3.29. The Bertz CT molecular complexity index is 789. The first-order chi connectivity index (χ1) is 9.81. The van der Waals surface area contributed by atoms with Gasteiger partial charge in [-0.05, 0) is 34.1 Å². The van der Waals surface area contributed by atoms with Gasteiger partial charge >= 0.3 is 0 Å². The molecule has 1 amide bonds. The van der Waals surface area contributed by atoms with Crippen LogP contribution < -0.4 is 16.2 Å². The van der Waals surface area contributed by atoms with E-state index in [-0.39, 0.29) is 17.1 Å². The summed E-state index contributed by atoms with van der Waals surface area (Å²) in [6.45, 7) is 0.269. The fourth-order valence-electron chi connectivity index (χ4n) is 1.47. The normalized spacial score (nSPS) is 11.4. The van der Waals surface area contributed by atoms with E-state index >= 15 is 0 Å². The average molecular weight is 391 g/mol. The quantitative estimate of drug-likeness (QED) is 0.723. The summed E-state index contributed by atoms with van der Waals surface area (Å²) in [5, 5.41) is 9.91. The number of rotatable bonds is 4. The number of nitrogens with zero attached hydrogens (tertiary/aromatic N) is 1. The van der Waals surface area contributed by atoms with E-state index in [4.69, 9.17) is 10.9 Å². The van der Waals surface area contributed by atoms with Crippen molar-refractivity contribution < 1.29 is 13.2 Å². The van der Waals surface area contributed by atoms with E-state index in [1.165, 1.54) is 29.5 Å². The summed E-state index contributed by atoms with van der Waals surface area (Å²) >= 11 is 4.48. The predicted octanol–water partition coefficient (Wildman–Crippen LogP) is 1.26. The second kappa shape index (κ2) is 6.20. The van der Waals surface area contributed by atoms with Gasteiger partial charge in [0.1, 0.15) is 10.7 Å². The van der Waals surface area contributed by atoms with E-state index in [1.807, 2.05) is 0 Å². The Morgan fingerprint density at radius 3 is 2.67 bits per heavy atom. The Hall–Kier alpha value is -1.33. The molecule has 1 aromatic carbocycles. The molecule has 21 heavy (non-hydrogen) atoms. The van der Waals surface area contributed by atoms with E-state index < -0.39 is 15.9 Å². The summed E-state index contributed by atoms with van der Waals surface area (Å²) in [5.74, 6) is -0.407. The van der Waals surface area contributed by atoms with E-state index in [9.17, 15) is 13.2 Å². The lowest BCUT2D eigenvalue weighted by molar-refractivity contribution is 0.102. The average Bonchev–Trinajstić information content (AvgIpc) is 2.88. The van der Waals surface area contributed by atoms with Crippen LogP contribution in [0.2, 0.25) is 0 Å². The lowest BCUT2D eigenvalue weighted by Crippen LogP contribution is -2.15. The largest absolute Gasteiger partial charge is 0.325 e. The molecule has 0 spiro atoms. The minimum atomic E-state index is -3.79. The highest BCUT2D eigenvalue weighted by molar-refractivity contribution is 9.10. The number of nitrogens with one attached hydrogen (secondary N) is 1. The Labute approximate surface area is 133 Å². The van der Waals surface area contributed by atoms with Gasteiger partial charge in [-0.3, -0.25) is 4.79 Å². The zero-order chi connectivity index (χ0) is 15.6. The van der Waals surface area contributed by atoms with E-state index in [0.717, 1.165) is 0 Å². The molecule has 0 aliphatic carbocycles. The van der Waals surface area contributed by atoms with Gasteiger partial charge in [-0.25, -0.2) is 18.5 Å². The van der Waals surface area contributed by atoms with Gasteiger partial charge in [0.15, 0.2) is 0 Å². The SMILES string of the molecule is NCc1nc(C(=O)Nc2ccc(S(N)(=O)=O)cc2Br)cs1. The number of benzene rings is 1. The van der Waals surface area contributed by atoms with E-state index in [0.29, 0.717) is 15.2 Å². The summed E-state index contributed by atoms with van der Waals surface area (Å²) < 4.78 is 22.8. The first kappa shape index (κ1) is 16.0. The van der Waals surface area contributed by atoms with Crippen molar-refractivity contribution in [1.82, 2.24) is 4.98 Å². The summed E-state index contributed by atoms with van der Waals surface area (Å²) in [4.78, 5) is 16.0. The van der Waals surface area contributed by atoms with Crippen LogP contribution in [0, 0.1) is 0 Å². The summed E-state index contributed by atoms with van der Waals surface area (Å²) in [6.07, 6.45) is 0. The first-order valence-electron chi connectivity index (χ1n) is 5.59. The summed E-state index contributed by atoms with van der Waals surface area (Å²) in [5.41, 5.74) is 6.10. The van der Waals surface area contributed by atoms with Crippen LogP contribution in [0.4, 0.5) is 5.69 Å². The number of halogens is 1. The molecular formula is C11H11BrN4O3S2. The van der Waals surface area contributed by atoms with Gasteiger partial charge in [0.2, 0.25) is 10.0 Å². The Balaban J connectivity index is 2.22. The molecule has 7 nitrogen and oxygen atoms in total. The first-order valence-corrected chi connectivity index (χ1v) is 8.81. The van der Waals surface area contributed by atoms with Crippen molar-refractivity contribution >= 4 is 48.9 Å². The molecule has 1 aromatic heterocycles. The van der Waals surface area contributed by atoms with Crippen LogP contribution in [0.3, 0.4) is 0 Å². The Kier molecular flexibility index (Phi) is 4.74. The smallest absolute Gasteiger partial charge is 0.275 e. The molecule has 10 heteroatoms. The Morgan fingerprint density at radius 1 is 1.43 bits per heavy atom. The van der Waals surface area contributed by atoms with Gasteiger partial charge in [0, 0.05) is 16.4 Å². The number of nitrogens with two attached hydrogens (primary N) is 2. The van der Waals surface area contributed by atoms with Crippen molar-refractivity contribution in [2.45, 2.75) is 11.4 Å². The number of sulfonamides is 1. The third-order valence-corrected chi connectivity index (χ3v) is 4.91. The zero-order valence-corrected chi connectivity index (χ0v) is 13.8. The fraction of sp³-hybridized carbons (Fsp3) is 0.0909. The van der Waals surface area contributed by atoms with Crippen LogP contribution in [0.5, 0.6) is 0 Å². The number of hydrogen-bond donors (Lipinski definition) is 3. The maximum Gasteiger partial charge on any atom is 0.275 e. The minimum absolute atomic E-state index is 0.0496. The molecule has 1 heterocycles. The van der Waals surface area contributed by atoms with Crippen molar-refractivity contribution in [2.24, 2.45) is 10.9 Å². The lowest BCUT2D eigenvalue weighted by atomic mass is 10.3. The van der Waals surface area contributed by atoms with Crippen LogP contribution in [-0.2, 0) is 16.6 Å². The second-order valence-corrected chi connectivity index (χ2v) is 7.33. The molecular weight excluding hydrogens is 380 g/mol. The van der Waals surface area contributed by atoms with Crippen molar-refractivity contribution in [3.63, 3.8) is 0 Å². The molecule has 0 bridgehead atoms. The number of carbonyl (C=O) groups excluding carboxylic acids is 1. The van der Waals surface area contributed by atoms with Crippen molar-refractivity contribution in [1.29, 1.82) is 0 Å². The molecule has 0 radical (unpaired) electrons. The molecule has 0 saturated carbocycles. The summed E-state index contributed by atoms with van der Waals surface area (Å²) in [7, 11) is -3.79. The minimum Gasteiger partial charge on any atom is -0.325 e. The topological polar surface area (TPSA) is 128 Å². The molecule has 5 N–H and O–H groups in total. The molecule has 0 aliphatic rings. The van der Waals surface area contributed by atoms with E-state index in [2.05, 4.69) is 26.2 Å². The highest BCUT2D eigenvalue weighted by Crippen LogP contribution is 2.26. The number of thiazole rings is 1. The van der Waals surface area contributed by atoms with Gasteiger partial charge < -0.3 is 11.1 Å². The molecule has 2 rings (SSSR count). The number of anilines is 1.